The topological polar surface area (TPSA) is 35.3 Å². The molecule has 0 spiro atoms. The molecule has 0 atom stereocenters. The quantitative estimate of drug-likeness (QED) is 0.361. The summed E-state index contributed by atoms with van der Waals surface area (Å²) in [4.78, 5) is 0. The van der Waals surface area contributed by atoms with Crippen LogP contribution in [0.15, 0.2) is 60.7 Å². The van der Waals surface area contributed by atoms with E-state index in [1.165, 1.54) is 6.21 Å². The third-order valence-corrected chi connectivity index (χ3v) is 2.65. The summed E-state index contributed by atoms with van der Waals surface area (Å²) in [6.45, 7) is 0. The van der Waals surface area contributed by atoms with Crippen LogP contribution >= 0.6 is 0 Å². The second-order valence-electron chi connectivity index (χ2n) is 3.91. The smallest absolute Gasteiger partial charge is 0.216 e. The monoisotopic (exact) mass is 253 g/mol. The number of para-hydroxylation sites is 2. The normalized spacial score (nSPS) is 11.7. The van der Waals surface area contributed by atoms with Crippen molar-refractivity contribution in [3.63, 3.8) is 0 Å². The largest absolute Gasteiger partial charge is 0.618 e. The molecule has 0 unspecified atom stereocenters. The minimum absolute atomic E-state index is 0.604. The van der Waals surface area contributed by atoms with Gasteiger partial charge in [-0.15, -0.1) is 0 Å². The third kappa shape index (κ3) is 3.45. The Balaban J connectivity index is 2.15. The third-order valence-electron chi connectivity index (χ3n) is 2.65. The van der Waals surface area contributed by atoms with Crippen molar-refractivity contribution in [1.29, 1.82) is 0 Å². The van der Waals surface area contributed by atoms with Crippen LogP contribution in [0.25, 0.3) is 6.08 Å². The van der Waals surface area contributed by atoms with Crippen LogP contribution < -0.4 is 4.74 Å². The summed E-state index contributed by atoms with van der Waals surface area (Å²) in [5.41, 5.74) is 1.54. The van der Waals surface area contributed by atoms with E-state index < -0.39 is 0 Å². The van der Waals surface area contributed by atoms with Gasteiger partial charge >= 0.3 is 0 Å². The number of benzene rings is 2. The number of allylic oxidation sites excluding steroid dienone is 1. The lowest BCUT2D eigenvalue weighted by molar-refractivity contribution is -0.354. The predicted octanol–water partition coefficient (Wildman–Crippen LogP) is 3.62. The highest BCUT2D eigenvalue weighted by atomic mass is 16.5. The lowest BCUT2D eigenvalue weighted by Gasteiger charge is -2.03. The minimum atomic E-state index is 0.604. The maximum atomic E-state index is 11.8. The van der Waals surface area contributed by atoms with E-state index in [1.54, 1.807) is 25.3 Å². The number of rotatable bonds is 4. The Labute approximate surface area is 112 Å². The van der Waals surface area contributed by atoms with Crippen LogP contribution in [0.1, 0.15) is 5.56 Å². The Morgan fingerprint density at radius 1 is 1.00 bits per heavy atom. The first-order chi connectivity index (χ1) is 9.31. The maximum Gasteiger partial charge on any atom is 0.216 e. The van der Waals surface area contributed by atoms with Crippen LogP contribution in [0.2, 0.25) is 0 Å². The van der Waals surface area contributed by atoms with Gasteiger partial charge in [-0.05, 0) is 12.1 Å². The van der Waals surface area contributed by atoms with Crippen molar-refractivity contribution < 1.29 is 9.48 Å². The molecule has 0 bridgehead atoms. The van der Waals surface area contributed by atoms with Crippen molar-refractivity contribution in [1.82, 2.24) is 0 Å². The summed E-state index contributed by atoms with van der Waals surface area (Å²) in [5.74, 6) is 0.782. The molecule has 2 aromatic carbocycles. The van der Waals surface area contributed by atoms with Gasteiger partial charge in [0.25, 0.3) is 0 Å². The number of hydrogen-bond donors (Lipinski definition) is 0. The van der Waals surface area contributed by atoms with Crippen molar-refractivity contribution >= 4 is 18.0 Å². The Morgan fingerprint density at radius 3 is 2.42 bits per heavy atom. The minimum Gasteiger partial charge on any atom is -0.618 e. The van der Waals surface area contributed by atoms with Crippen LogP contribution in [0.3, 0.4) is 0 Å². The molecule has 19 heavy (non-hydrogen) atoms. The van der Waals surface area contributed by atoms with E-state index in [0.717, 1.165) is 16.1 Å². The molecule has 3 heteroatoms. The van der Waals surface area contributed by atoms with Crippen LogP contribution in [0, 0.1) is 5.21 Å². The van der Waals surface area contributed by atoms with Crippen LogP contribution in [0.4, 0.5) is 5.69 Å². The first-order valence-electron chi connectivity index (χ1n) is 5.97. The summed E-state index contributed by atoms with van der Waals surface area (Å²) in [6, 6.07) is 16.7. The first-order valence-corrected chi connectivity index (χ1v) is 5.97. The zero-order chi connectivity index (χ0) is 13.5. The summed E-state index contributed by atoms with van der Waals surface area (Å²) < 4.78 is 6.06. The molecule has 0 heterocycles. The summed E-state index contributed by atoms with van der Waals surface area (Å²) in [7, 11) is 1.63. The molecule has 0 radical (unpaired) electrons. The van der Waals surface area contributed by atoms with Crippen molar-refractivity contribution in [2.75, 3.05) is 7.11 Å². The average Bonchev–Trinajstić information content (AvgIpc) is 2.48. The highest BCUT2D eigenvalue weighted by molar-refractivity contribution is 5.77. The second-order valence-corrected chi connectivity index (χ2v) is 3.91. The van der Waals surface area contributed by atoms with Gasteiger partial charge in [0, 0.05) is 23.8 Å². The van der Waals surface area contributed by atoms with Gasteiger partial charge in [-0.2, -0.15) is 4.74 Å². The van der Waals surface area contributed by atoms with E-state index in [2.05, 4.69) is 0 Å². The predicted molar refractivity (Wildman–Crippen MR) is 77.8 cm³/mol. The van der Waals surface area contributed by atoms with Gasteiger partial charge in [0.2, 0.25) is 5.69 Å². The van der Waals surface area contributed by atoms with Crippen LogP contribution in [-0.2, 0) is 0 Å². The molecular formula is C16H15NO2. The molecule has 0 saturated heterocycles. The first kappa shape index (κ1) is 12.9. The van der Waals surface area contributed by atoms with E-state index in [0.29, 0.717) is 5.69 Å². The lowest BCUT2D eigenvalue weighted by Crippen LogP contribution is -1.94. The van der Waals surface area contributed by atoms with Gasteiger partial charge in [0.05, 0.1) is 7.11 Å². The van der Waals surface area contributed by atoms with E-state index in [4.69, 9.17) is 4.74 Å². The van der Waals surface area contributed by atoms with E-state index in [1.807, 2.05) is 48.5 Å². The highest BCUT2D eigenvalue weighted by Crippen LogP contribution is 2.18. The molecule has 3 nitrogen and oxygen atoms in total. The fourth-order valence-electron chi connectivity index (χ4n) is 1.69. The van der Waals surface area contributed by atoms with Gasteiger partial charge in [-0.3, -0.25) is 0 Å². The summed E-state index contributed by atoms with van der Waals surface area (Å²) >= 11 is 0. The molecular weight excluding hydrogens is 238 g/mol. The molecule has 0 aliphatic rings. The molecule has 0 aliphatic carbocycles. The van der Waals surface area contributed by atoms with Gasteiger partial charge in [-0.25, -0.2) is 0 Å². The zero-order valence-electron chi connectivity index (χ0n) is 10.7. The van der Waals surface area contributed by atoms with Crippen molar-refractivity contribution in [2.24, 2.45) is 0 Å². The highest BCUT2D eigenvalue weighted by Gasteiger charge is 1.98. The molecule has 0 saturated carbocycles. The van der Waals surface area contributed by atoms with E-state index in [-0.39, 0.29) is 0 Å². The van der Waals surface area contributed by atoms with Gasteiger partial charge in [0.1, 0.15) is 5.75 Å². The van der Waals surface area contributed by atoms with Crippen molar-refractivity contribution in [2.45, 2.75) is 0 Å². The maximum absolute atomic E-state index is 11.8. The molecule has 2 rings (SSSR count). The number of ether oxygens (including phenoxy) is 1. The molecule has 2 aromatic rings. The Hall–Kier alpha value is -2.55. The van der Waals surface area contributed by atoms with Gasteiger partial charge in [0.15, 0.2) is 6.21 Å². The second kappa shape index (κ2) is 6.40. The van der Waals surface area contributed by atoms with Crippen molar-refractivity contribution in [3.05, 3.63) is 71.4 Å². The van der Waals surface area contributed by atoms with Crippen molar-refractivity contribution in [3.8, 4) is 5.75 Å². The van der Waals surface area contributed by atoms with E-state index >= 15 is 0 Å². The Kier molecular flexibility index (Phi) is 4.34. The molecule has 0 amide bonds. The standard InChI is InChI=1S/C16H15NO2/c1-19-16-12-6-5-8-14(16)9-7-13-17(18)15-10-3-2-4-11-15/h2-13H,1H3. The fourth-order valence-corrected chi connectivity index (χ4v) is 1.69. The Bertz CT molecular complexity index is 589. The van der Waals surface area contributed by atoms with Crippen LogP contribution in [-0.4, -0.2) is 18.1 Å². The SMILES string of the molecule is COc1ccccc1C=CC=[N+]([O-])c1ccccc1. The average molecular weight is 253 g/mol. The Morgan fingerprint density at radius 2 is 1.68 bits per heavy atom. The number of methoxy groups -OCH3 is 1. The lowest BCUT2D eigenvalue weighted by atomic mass is 10.2. The fraction of sp³-hybridized carbons (Fsp3) is 0.0625. The van der Waals surface area contributed by atoms with Gasteiger partial charge in [-0.1, -0.05) is 36.4 Å². The molecule has 0 aromatic heterocycles. The van der Waals surface area contributed by atoms with E-state index in [9.17, 15) is 5.21 Å². The number of hydrogen-bond acceptors (Lipinski definition) is 2. The molecule has 0 fully saturated rings. The van der Waals surface area contributed by atoms with Gasteiger partial charge < -0.3 is 9.94 Å². The van der Waals surface area contributed by atoms with Crippen LogP contribution in [0.5, 0.6) is 5.75 Å². The number of nitrogens with zero attached hydrogens (tertiary/aromatic N) is 1. The summed E-state index contributed by atoms with van der Waals surface area (Å²) in [5, 5.41) is 11.8. The zero-order valence-corrected chi connectivity index (χ0v) is 10.7. The molecule has 0 N–H and O–H groups in total. The summed E-state index contributed by atoms with van der Waals surface area (Å²) in [6.07, 6.45) is 5.02. The molecule has 0 aliphatic heterocycles. The molecule has 96 valence electrons.